The average Bonchev–Trinajstić information content (AvgIpc) is 3.15. The normalized spacial score (nSPS) is 18.2. The van der Waals surface area contributed by atoms with Gasteiger partial charge in [0.05, 0.1) is 12.1 Å². The Morgan fingerprint density at radius 3 is 2.42 bits per heavy atom. The fourth-order valence-corrected chi connectivity index (χ4v) is 3.81. The zero-order chi connectivity index (χ0) is 24.4. The monoisotopic (exact) mass is 468 g/mol. The third-order valence-corrected chi connectivity index (χ3v) is 5.42. The van der Waals surface area contributed by atoms with Gasteiger partial charge in [-0.2, -0.15) is 18.2 Å². The number of halogens is 3. The van der Waals surface area contributed by atoms with Crippen molar-refractivity contribution in [2.75, 3.05) is 6.54 Å². The minimum Gasteiger partial charge on any atom is -0.444 e. The Morgan fingerprint density at radius 1 is 1.15 bits per heavy atom. The molecule has 7 nitrogen and oxygen atoms in total. The number of carbonyl (C=O) groups excluding carboxylic acids is 1. The van der Waals surface area contributed by atoms with E-state index in [4.69, 9.17) is 9.26 Å². The first-order valence-electron chi connectivity index (χ1n) is 11.0. The van der Waals surface area contributed by atoms with Gasteiger partial charge >= 0.3 is 12.3 Å². The van der Waals surface area contributed by atoms with Crippen LogP contribution in [0.3, 0.4) is 0 Å². The van der Waals surface area contributed by atoms with Crippen molar-refractivity contribution in [3.8, 4) is 0 Å². The number of rotatable bonds is 5. The van der Waals surface area contributed by atoms with Gasteiger partial charge in [0.2, 0.25) is 5.89 Å². The van der Waals surface area contributed by atoms with Crippen LogP contribution in [0.1, 0.15) is 82.8 Å². The zero-order valence-electron chi connectivity index (χ0n) is 19.6. The van der Waals surface area contributed by atoms with E-state index < -0.39 is 29.0 Å². The van der Waals surface area contributed by atoms with Crippen LogP contribution in [0.4, 0.5) is 18.0 Å². The number of nitrogens with zero attached hydrogens (tertiary/aromatic N) is 3. The van der Waals surface area contributed by atoms with Gasteiger partial charge in [0.25, 0.3) is 0 Å². The molecule has 1 amide bonds. The van der Waals surface area contributed by atoms with E-state index in [1.54, 1.807) is 46.8 Å². The van der Waals surface area contributed by atoms with Crippen LogP contribution in [0.5, 0.6) is 0 Å². The van der Waals surface area contributed by atoms with Crippen LogP contribution in [-0.2, 0) is 23.0 Å². The molecule has 0 aliphatic carbocycles. The lowest BCUT2D eigenvalue weighted by atomic mass is 9.94. The molecule has 1 unspecified atom stereocenters. The highest BCUT2D eigenvalue weighted by Gasteiger charge is 2.33. The van der Waals surface area contributed by atoms with Crippen molar-refractivity contribution in [3.05, 3.63) is 47.1 Å². The summed E-state index contributed by atoms with van der Waals surface area (Å²) in [6.45, 7) is 9.95. The summed E-state index contributed by atoms with van der Waals surface area (Å²) in [4.78, 5) is 18.8. The highest BCUT2D eigenvalue weighted by atomic mass is 19.4. The number of alkyl halides is 3. The molecule has 1 aliphatic rings. The molecule has 0 spiro atoms. The molecular weight excluding hydrogens is 437 g/mol. The largest absolute Gasteiger partial charge is 0.444 e. The average molecular weight is 469 g/mol. The molecule has 1 aromatic heterocycles. The van der Waals surface area contributed by atoms with Crippen LogP contribution in [0.2, 0.25) is 0 Å². The Morgan fingerprint density at radius 2 is 1.82 bits per heavy atom. The maximum Gasteiger partial charge on any atom is 0.416 e. The third-order valence-electron chi connectivity index (χ3n) is 5.42. The number of piperidine rings is 1. The minimum atomic E-state index is -4.36. The van der Waals surface area contributed by atoms with Crippen molar-refractivity contribution in [2.24, 2.45) is 0 Å². The highest BCUT2D eigenvalue weighted by Crippen LogP contribution is 2.35. The highest BCUT2D eigenvalue weighted by molar-refractivity contribution is 5.68. The Labute approximate surface area is 191 Å². The predicted molar refractivity (Wildman–Crippen MR) is 115 cm³/mol. The van der Waals surface area contributed by atoms with E-state index in [9.17, 15) is 18.0 Å². The number of alkyl carbamates (subject to hydrolysis) is 1. The van der Waals surface area contributed by atoms with Crippen LogP contribution in [0.15, 0.2) is 28.8 Å². The van der Waals surface area contributed by atoms with Crippen molar-refractivity contribution in [1.82, 2.24) is 20.4 Å². The summed E-state index contributed by atoms with van der Waals surface area (Å²) in [6, 6.07) is 5.29. The molecule has 1 fully saturated rings. The lowest BCUT2D eigenvalue weighted by molar-refractivity contribution is -0.137. The van der Waals surface area contributed by atoms with Crippen LogP contribution in [0, 0.1) is 0 Å². The lowest BCUT2D eigenvalue weighted by Gasteiger charge is -2.35. The van der Waals surface area contributed by atoms with E-state index in [0.717, 1.165) is 43.5 Å². The Hall–Kier alpha value is -2.62. The summed E-state index contributed by atoms with van der Waals surface area (Å²) in [5.74, 6) is 0.689. The molecule has 0 radical (unpaired) electrons. The summed E-state index contributed by atoms with van der Waals surface area (Å²) < 4.78 is 49.5. The molecule has 1 atom stereocenters. The van der Waals surface area contributed by atoms with E-state index in [0.29, 0.717) is 18.3 Å². The first-order chi connectivity index (χ1) is 15.2. The van der Waals surface area contributed by atoms with Crippen molar-refractivity contribution >= 4 is 6.09 Å². The molecule has 10 heteroatoms. The summed E-state index contributed by atoms with van der Waals surface area (Å²) in [5.41, 5.74) is -1.38. The molecule has 2 heterocycles. The van der Waals surface area contributed by atoms with E-state index in [2.05, 4.69) is 20.4 Å². The van der Waals surface area contributed by atoms with Crippen molar-refractivity contribution in [3.63, 3.8) is 0 Å². The second kappa shape index (κ2) is 9.32. The number of hydrogen-bond acceptors (Lipinski definition) is 6. The van der Waals surface area contributed by atoms with Gasteiger partial charge in [-0.3, -0.25) is 4.90 Å². The van der Waals surface area contributed by atoms with Gasteiger partial charge in [-0.25, -0.2) is 4.79 Å². The van der Waals surface area contributed by atoms with Gasteiger partial charge in [0, 0.05) is 6.04 Å². The second-order valence-electron chi connectivity index (χ2n) is 9.87. The van der Waals surface area contributed by atoms with E-state index in [1.165, 1.54) is 0 Å². The molecule has 0 bridgehead atoms. The molecule has 1 aliphatic heterocycles. The van der Waals surface area contributed by atoms with Crippen molar-refractivity contribution < 1.29 is 27.2 Å². The van der Waals surface area contributed by atoms with Crippen LogP contribution >= 0.6 is 0 Å². The summed E-state index contributed by atoms with van der Waals surface area (Å²) in [7, 11) is 0. The van der Waals surface area contributed by atoms with Gasteiger partial charge in [0.15, 0.2) is 5.82 Å². The summed E-state index contributed by atoms with van der Waals surface area (Å²) in [6.07, 6.45) is -2.14. The smallest absolute Gasteiger partial charge is 0.416 e. The molecule has 1 aromatic carbocycles. The number of nitrogens with one attached hydrogen (secondary N) is 1. The van der Waals surface area contributed by atoms with E-state index in [-0.39, 0.29) is 6.04 Å². The number of carbonyl (C=O) groups is 1. The van der Waals surface area contributed by atoms with Gasteiger partial charge in [0.1, 0.15) is 11.1 Å². The third kappa shape index (κ3) is 6.69. The molecule has 3 rings (SSSR count). The Balaban J connectivity index is 1.70. The molecule has 0 saturated carbocycles. The maximum atomic E-state index is 12.9. The fraction of sp³-hybridized carbons (Fsp3) is 0.609. The van der Waals surface area contributed by atoms with Gasteiger partial charge in [-0.15, -0.1) is 0 Å². The Kier molecular flexibility index (Phi) is 7.07. The first-order valence-corrected chi connectivity index (χ1v) is 11.0. The number of amides is 1. The van der Waals surface area contributed by atoms with Gasteiger partial charge in [-0.05, 0) is 71.7 Å². The second-order valence-corrected chi connectivity index (χ2v) is 9.87. The minimum absolute atomic E-state index is 0.0377. The van der Waals surface area contributed by atoms with Crippen molar-refractivity contribution in [2.45, 2.75) is 83.8 Å². The van der Waals surface area contributed by atoms with Crippen molar-refractivity contribution in [1.29, 1.82) is 0 Å². The Bertz CT molecular complexity index is 949. The van der Waals surface area contributed by atoms with Crippen LogP contribution < -0.4 is 5.32 Å². The molecule has 182 valence electrons. The molecule has 1 saturated heterocycles. The SMILES string of the molecule is CC(C)(C)OC(=O)NC(C)(C)c1noc(CN2CCCCC2c2ccc(C(F)(F)F)cc2)n1. The maximum absolute atomic E-state index is 12.9. The van der Waals surface area contributed by atoms with Gasteiger partial charge in [-0.1, -0.05) is 23.7 Å². The summed E-state index contributed by atoms with van der Waals surface area (Å²) in [5, 5.41) is 6.78. The first kappa shape index (κ1) is 25.0. The molecule has 33 heavy (non-hydrogen) atoms. The predicted octanol–water partition coefficient (Wildman–Crippen LogP) is 5.58. The molecule has 1 N–H and O–H groups in total. The van der Waals surface area contributed by atoms with E-state index >= 15 is 0 Å². The van der Waals surface area contributed by atoms with Crippen LogP contribution in [-0.4, -0.2) is 33.3 Å². The lowest BCUT2D eigenvalue weighted by Crippen LogP contribution is -2.44. The molecular formula is C23H31F3N4O3. The number of benzene rings is 1. The topological polar surface area (TPSA) is 80.5 Å². The summed E-state index contributed by atoms with van der Waals surface area (Å²) >= 11 is 0. The standard InChI is InChI=1S/C23H31F3N4O3/c1-21(2,3)32-20(31)28-22(4,5)19-27-18(33-29-19)14-30-13-7-6-8-17(30)15-9-11-16(12-10-15)23(24,25)26/h9-12,17H,6-8,13-14H2,1-5H3,(H,28,31). The zero-order valence-corrected chi connectivity index (χ0v) is 19.6. The van der Waals surface area contributed by atoms with Gasteiger partial charge < -0.3 is 14.6 Å². The number of hydrogen-bond donors (Lipinski definition) is 1. The molecule has 2 aromatic rings. The number of likely N-dealkylation sites (tertiary alicyclic amines) is 1. The number of ether oxygens (including phenoxy) is 1. The quantitative estimate of drug-likeness (QED) is 0.618. The van der Waals surface area contributed by atoms with Crippen LogP contribution in [0.25, 0.3) is 0 Å². The fourth-order valence-electron chi connectivity index (χ4n) is 3.81. The number of aromatic nitrogens is 2. The van der Waals surface area contributed by atoms with E-state index in [1.807, 2.05) is 0 Å².